The minimum atomic E-state index is -0.496. The molecule has 8 nitrogen and oxygen atoms in total. The van der Waals surface area contributed by atoms with E-state index >= 15 is 0 Å². The first kappa shape index (κ1) is 18.5. The SMILES string of the molecule is O=C(c1ccco1)N1CCC2(CC1)SCCN2C(=O)c1cccc([N+](=O)[O-])c1. The van der Waals surface area contributed by atoms with Crippen LogP contribution in [-0.2, 0) is 0 Å². The van der Waals surface area contributed by atoms with E-state index in [4.69, 9.17) is 4.42 Å². The molecule has 1 aromatic heterocycles. The molecule has 0 saturated carbocycles. The van der Waals surface area contributed by atoms with Gasteiger partial charge in [-0.15, -0.1) is 11.8 Å². The van der Waals surface area contributed by atoms with Crippen molar-refractivity contribution in [1.29, 1.82) is 0 Å². The molecule has 2 saturated heterocycles. The Labute approximate surface area is 165 Å². The summed E-state index contributed by atoms with van der Waals surface area (Å²) in [6, 6.07) is 9.19. The molecule has 9 heteroatoms. The minimum Gasteiger partial charge on any atom is -0.459 e. The maximum atomic E-state index is 13.1. The lowest BCUT2D eigenvalue weighted by Gasteiger charge is -2.43. The van der Waals surface area contributed by atoms with E-state index in [1.165, 1.54) is 24.5 Å². The molecule has 1 aromatic carbocycles. The average molecular weight is 401 g/mol. The van der Waals surface area contributed by atoms with E-state index < -0.39 is 4.92 Å². The molecule has 28 heavy (non-hydrogen) atoms. The van der Waals surface area contributed by atoms with Gasteiger partial charge in [-0.05, 0) is 31.0 Å². The molecule has 0 N–H and O–H groups in total. The van der Waals surface area contributed by atoms with Gasteiger partial charge in [-0.3, -0.25) is 19.7 Å². The standard InChI is InChI=1S/C19H19N3O5S/c23-17(14-3-1-4-15(13-14)22(25)26)21-10-12-28-19(21)6-8-20(9-7-19)18(24)16-5-2-11-27-16/h1-5,11,13H,6-10,12H2. The zero-order valence-electron chi connectivity index (χ0n) is 15.1. The molecule has 0 unspecified atom stereocenters. The molecule has 1 spiro atoms. The molecule has 4 rings (SSSR count). The van der Waals surface area contributed by atoms with Gasteiger partial charge in [0.2, 0.25) is 0 Å². The van der Waals surface area contributed by atoms with E-state index in [0.29, 0.717) is 43.8 Å². The van der Waals surface area contributed by atoms with Gasteiger partial charge in [0, 0.05) is 43.1 Å². The number of rotatable bonds is 3. The maximum absolute atomic E-state index is 13.1. The van der Waals surface area contributed by atoms with Gasteiger partial charge < -0.3 is 14.2 Å². The second-order valence-corrected chi connectivity index (χ2v) is 8.29. The van der Waals surface area contributed by atoms with Crippen LogP contribution in [0.5, 0.6) is 0 Å². The van der Waals surface area contributed by atoms with E-state index in [0.717, 1.165) is 5.75 Å². The van der Waals surface area contributed by atoms with Crippen LogP contribution in [0.3, 0.4) is 0 Å². The summed E-state index contributed by atoms with van der Waals surface area (Å²) in [6.45, 7) is 1.66. The van der Waals surface area contributed by atoms with Crippen LogP contribution in [0.2, 0.25) is 0 Å². The van der Waals surface area contributed by atoms with Crippen molar-refractivity contribution in [2.45, 2.75) is 17.7 Å². The number of likely N-dealkylation sites (tertiary alicyclic amines) is 1. The quantitative estimate of drug-likeness (QED) is 0.579. The van der Waals surface area contributed by atoms with Gasteiger partial charge in [-0.1, -0.05) is 6.07 Å². The van der Waals surface area contributed by atoms with Gasteiger partial charge in [0.15, 0.2) is 5.76 Å². The van der Waals surface area contributed by atoms with Crippen molar-refractivity contribution < 1.29 is 18.9 Å². The first-order valence-electron chi connectivity index (χ1n) is 9.03. The molecule has 146 valence electrons. The zero-order valence-corrected chi connectivity index (χ0v) is 15.9. The zero-order chi connectivity index (χ0) is 19.7. The van der Waals surface area contributed by atoms with Gasteiger partial charge in [-0.25, -0.2) is 0 Å². The Morgan fingerprint density at radius 3 is 2.57 bits per heavy atom. The second kappa shape index (κ2) is 7.31. The summed E-state index contributed by atoms with van der Waals surface area (Å²) >= 11 is 1.73. The summed E-state index contributed by atoms with van der Waals surface area (Å²) in [5.74, 6) is 0.797. The third kappa shape index (κ3) is 3.26. The number of benzene rings is 1. The summed E-state index contributed by atoms with van der Waals surface area (Å²) in [5, 5.41) is 11.0. The fourth-order valence-corrected chi connectivity index (χ4v) is 5.29. The molecule has 0 radical (unpaired) electrons. The Bertz CT molecular complexity index is 906. The molecule has 0 bridgehead atoms. The molecule has 0 aliphatic carbocycles. The Balaban J connectivity index is 1.49. The van der Waals surface area contributed by atoms with E-state index in [1.54, 1.807) is 34.9 Å². The Morgan fingerprint density at radius 1 is 1.11 bits per heavy atom. The summed E-state index contributed by atoms with van der Waals surface area (Å²) in [5.41, 5.74) is 0.232. The number of piperidine rings is 1. The number of hydrogen-bond acceptors (Lipinski definition) is 6. The number of carbonyl (C=O) groups excluding carboxylic acids is 2. The predicted octanol–water partition coefficient (Wildman–Crippen LogP) is 3.01. The number of furan rings is 1. The third-order valence-electron chi connectivity index (χ3n) is 5.29. The van der Waals surface area contributed by atoms with Crippen LogP contribution in [-0.4, -0.2) is 56.8 Å². The van der Waals surface area contributed by atoms with Crippen molar-refractivity contribution >= 4 is 29.3 Å². The molecule has 2 fully saturated rings. The monoisotopic (exact) mass is 401 g/mol. The Kier molecular flexibility index (Phi) is 4.84. The lowest BCUT2D eigenvalue weighted by atomic mass is 10.0. The highest BCUT2D eigenvalue weighted by molar-refractivity contribution is 8.00. The van der Waals surface area contributed by atoms with Gasteiger partial charge in [0.25, 0.3) is 17.5 Å². The number of non-ortho nitro benzene ring substituents is 1. The fraction of sp³-hybridized carbons (Fsp3) is 0.368. The van der Waals surface area contributed by atoms with Crippen molar-refractivity contribution in [2.24, 2.45) is 0 Å². The predicted molar refractivity (Wildman–Crippen MR) is 103 cm³/mol. The van der Waals surface area contributed by atoms with E-state index in [9.17, 15) is 19.7 Å². The number of amides is 2. The number of nitrogens with zero attached hydrogens (tertiary/aromatic N) is 3. The average Bonchev–Trinajstić information content (AvgIpc) is 3.38. The van der Waals surface area contributed by atoms with Crippen molar-refractivity contribution in [3.8, 4) is 0 Å². The first-order chi connectivity index (χ1) is 13.5. The number of thioether (sulfide) groups is 1. The van der Waals surface area contributed by atoms with Crippen LogP contribution in [0, 0.1) is 10.1 Å². The van der Waals surface area contributed by atoms with Gasteiger partial charge in [0.05, 0.1) is 16.1 Å². The largest absolute Gasteiger partial charge is 0.459 e. The van der Waals surface area contributed by atoms with Gasteiger partial charge in [0.1, 0.15) is 0 Å². The minimum absolute atomic E-state index is 0.0920. The van der Waals surface area contributed by atoms with Gasteiger partial charge in [-0.2, -0.15) is 0 Å². The van der Waals surface area contributed by atoms with E-state index in [-0.39, 0.29) is 22.4 Å². The highest BCUT2D eigenvalue weighted by Gasteiger charge is 2.47. The van der Waals surface area contributed by atoms with E-state index in [1.807, 2.05) is 4.90 Å². The van der Waals surface area contributed by atoms with Crippen LogP contribution in [0.4, 0.5) is 5.69 Å². The smallest absolute Gasteiger partial charge is 0.289 e. The van der Waals surface area contributed by atoms with Crippen LogP contribution in [0.25, 0.3) is 0 Å². The fourth-order valence-electron chi connectivity index (χ4n) is 3.83. The molecular formula is C19H19N3O5S. The van der Waals surface area contributed by atoms with Crippen LogP contribution < -0.4 is 0 Å². The van der Waals surface area contributed by atoms with E-state index in [2.05, 4.69) is 0 Å². The number of hydrogen-bond donors (Lipinski definition) is 0. The van der Waals surface area contributed by atoms with Crippen molar-refractivity contribution in [2.75, 3.05) is 25.4 Å². The summed E-state index contributed by atoms with van der Waals surface area (Å²) in [6.07, 6.45) is 2.79. The Morgan fingerprint density at radius 2 is 1.89 bits per heavy atom. The van der Waals surface area contributed by atoms with Crippen molar-refractivity contribution in [3.05, 3.63) is 64.1 Å². The van der Waals surface area contributed by atoms with Crippen molar-refractivity contribution in [1.82, 2.24) is 9.80 Å². The van der Waals surface area contributed by atoms with Crippen LogP contribution in [0.1, 0.15) is 33.8 Å². The highest BCUT2D eigenvalue weighted by Crippen LogP contribution is 2.44. The topological polar surface area (TPSA) is 96.9 Å². The lowest BCUT2D eigenvalue weighted by Crippen LogP contribution is -2.53. The third-order valence-corrected chi connectivity index (χ3v) is 6.84. The summed E-state index contributed by atoms with van der Waals surface area (Å²) < 4.78 is 5.20. The molecule has 0 atom stereocenters. The molecule has 3 heterocycles. The Hall–Kier alpha value is -2.81. The molecule has 2 aromatic rings. The number of nitro benzene ring substituents is 1. The first-order valence-corrected chi connectivity index (χ1v) is 10.0. The van der Waals surface area contributed by atoms with Crippen LogP contribution in [0.15, 0.2) is 47.1 Å². The lowest BCUT2D eigenvalue weighted by molar-refractivity contribution is -0.384. The van der Waals surface area contributed by atoms with Crippen molar-refractivity contribution in [3.63, 3.8) is 0 Å². The summed E-state index contributed by atoms with van der Waals surface area (Å²) in [4.78, 5) is 39.3. The molecule has 2 aliphatic heterocycles. The molecule has 2 aliphatic rings. The van der Waals surface area contributed by atoms with Crippen LogP contribution >= 0.6 is 11.8 Å². The number of nitro groups is 1. The molecule has 2 amide bonds. The normalized spacial score (nSPS) is 18.4. The van der Waals surface area contributed by atoms with Gasteiger partial charge >= 0.3 is 0 Å². The second-order valence-electron chi connectivity index (χ2n) is 6.83. The molecular weight excluding hydrogens is 382 g/mol. The number of carbonyl (C=O) groups is 2. The maximum Gasteiger partial charge on any atom is 0.289 e. The highest BCUT2D eigenvalue weighted by atomic mass is 32.2. The summed E-state index contributed by atoms with van der Waals surface area (Å²) in [7, 11) is 0.